The van der Waals surface area contributed by atoms with E-state index in [1.807, 2.05) is 0 Å². The molecule has 0 aliphatic carbocycles. The third-order valence-corrected chi connectivity index (χ3v) is 1.46. The predicted molar refractivity (Wildman–Crippen MR) is 49.3 cm³/mol. The monoisotopic (exact) mass is 188 g/mol. The molecule has 1 amide bonds. The average Bonchev–Trinajstić information content (AvgIpc) is 2.11. The Bertz CT molecular complexity index is 193. The summed E-state index contributed by atoms with van der Waals surface area (Å²) in [5, 5.41) is 12.4. The molecule has 0 aliphatic rings. The smallest absolute Gasteiger partial charge is 0.242 e. The summed E-state index contributed by atoms with van der Waals surface area (Å²) in [6.45, 7) is 2.17. The van der Waals surface area contributed by atoms with Crippen LogP contribution in [-0.2, 0) is 4.79 Å². The van der Waals surface area contributed by atoms with Gasteiger partial charge >= 0.3 is 0 Å². The summed E-state index contributed by atoms with van der Waals surface area (Å²) in [4.78, 5) is 14.2. The third kappa shape index (κ3) is 5.92. The maximum Gasteiger partial charge on any atom is 0.242 e. The van der Waals surface area contributed by atoms with Crippen molar-refractivity contribution in [2.24, 2.45) is 10.7 Å². The quantitative estimate of drug-likeness (QED) is 0.176. The Morgan fingerprint density at radius 1 is 1.69 bits per heavy atom. The van der Waals surface area contributed by atoms with Gasteiger partial charge in [-0.3, -0.25) is 15.0 Å². The van der Waals surface area contributed by atoms with Gasteiger partial charge in [0.2, 0.25) is 5.91 Å². The van der Waals surface area contributed by atoms with Crippen molar-refractivity contribution in [3.05, 3.63) is 0 Å². The summed E-state index contributed by atoms with van der Waals surface area (Å²) in [7, 11) is 1.58. The number of nitrogens with one attached hydrogen (secondary N) is 1. The number of amides is 1. The van der Waals surface area contributed by atoms with Crippen LogP contribution in [0.25, 0.3) is 0 Å². The Balaban J connectivity index is 3.41. The summed E-state index contributed by atoms with van der Waals surface area (Å²) < 4.78 is 0. The van der Waals surface area contributed by atoms with E-state index in [0.29, 0.717) is 30.5 Å². The van der Waals surface area contributed by atoms with Crippen LogP contribution in [0, 0.1) is 0 Å². The lowest BCUT2D eigenvalue weighted by atomic mass is 10.4. The highest BCUT2D eigenvalue weighted by atomic mass is 16.5. The molecule has 0 aromatic rings. The van der Waals surface area contributed by atoms with E-state index in [-0.39, 0.29) is 5.91 Å². The molecule has 0 unspecified atom stereocenters. The molecular weight excluding hydrogens is 172 g/mol. The third-order valence-electron chi connectivity index (χ3n) is 1.46. The fourth-order valence-corrected chi connectivity index (χ4v) is 0.682. The second-order valence-corrected chi connectivity index (χ2v) is 2.53. The van der Waals surface area contributed by atoms with Crippen LogP contribution in [0.4, 0.5) is 0 Å². The molecule has 0 radical (unpaired) electrons. The Labute approximate surface area is 77.4 Å². The fourth-order valence-electron chi connectivity index (χ4n) is 0.682. The van der Waals surface area contributed by atoms with Crippen molar-refractivity contribution in [2.45, 2.75) is 13.3 Å². The van der Waals surface area contributed by atoms with Crippen molar-refractivity contribution in [3.8, 4) is 0 Å². The second kappa shape index (κ2) is 6.24. The topological polar surface area (TPSA) is 90.9 Å². The second-order valence-electron chi connectivity index (χ2n) is 2.53. The van der Waals surface area contributed by atoms with Crippen LogP contribution in [0.3, 0.4) is 0 Å². The van der Waals surface area contributed by atoms with Crippen LogP contribution >= 0.6 is 0 Å². The van der Waals surface area contributed by atoms with Gasteiger partial charge in [0.15, 0.2) is 5.96 Å². The Morgan fingerprint density at radius 3 is 2.77 bits per heavy atom. The highest BCUT2D eigenvalue weighted by molar-refractivity contribution is 5.77. The van der Waals surface area contributed by atoms with Crippen LogP contribution in [0.2, 0.25) is 0 Å². The van der Waals surface area contributed by atoms with Crippen LogP contribution < -0.4 is 11.1 Å². The number of aliphatic imine (C=N–C) groups is 1. The molecule has 0 aromatic heterocycles. The Morgan fingerprint density at radius 2 is 2.31 bits per heavy atom. The number of rotatable bonds is 4. The molecule has 6 heteroatoms. The standard InChI is InChI=1S/C7H16N4O2/c1-6(12)11(13)5-3-4-10-7(8)9-2/h13H,3-5H2,1-2H3,(H3,8,9,10). The van der Waals surface area contributed by atoms with Crippen LogP contribution in [0.15, 0.2) is 4.99 Å². The van der Waals surface area contributed by atoms with Crippen LogP contribution in [0.1, 0.15) is 13.3 Å². The van der Waals surface area contributed by atoms with Gasteiger partial charge in [-0.2, -0.15) is 0 Å². The van der Waals surface area contributed by atoms with E-state index < -0.39 is 0 Å². The highest BCUT2D eigenvalue weighted by Crippen LogP contribution is 1.85. The number of carbonyl (C=O) groups is 1. The zero-order chi connectivity index (χ0) is 10.3. The zero-order valence-electron chi connectivity index (χ0n) is 7.95. The predicted octanol–water partition coefficient (Wildman–Crippen LogP) is -0.852. The lowest BCUT2D eigenvalue weighted by Gasteiger charge is -2.12. The minimum atomic E-state index is -0.364. The minimum Gasteiger partial charge on any atom is -0.370 e. The first-order chi connectivity index (χ1) is 6.07. The molecular formula is C7H16N4O2. The van der Waals surface area contributed by atoms with E-state index in [2.05, 4.69) is 10.3 Å². The van der Waals surface area contributed by atoms with Crippen molar-refractivity contribution >= 4 is 11.9 Å². The first-order valence-corrected chi connectivity index (χ1v) is 4.01. The van der Waals surface area contributed by atoms with E-state index in [0.717, 1.165) is 0 Å². The molecule has 0 saturated carbocycles. The molecule has 4 N–H and O–H groups in total. The molecule has 0 aromatic carbocycles. The molecule has 76 valence electrons. The van der Waals surface area contributed by atoms with Gasteiger partial charge in [0, 0.05) is 20.5 Å². The number of hydrogen-bond acceptors (Lipinski definition) is 3. The first-order valence-electron chi connectivity index (χ1n) is 4.01. The molecule has 0 rings (SSSR count). The van der Waals surface area contributed by atoms with Gasteiger partial charge < -0.3 is 11.1 Å². The maximum absolute atomic E-state index is 10.5. The highest BCUT2D eigenvalue weighted by Gasteiger charge is 2.02. The molecule has 0 heterocycles. The number of nitrogens with two attached hydrogens (primary N) is 1. The average molecular weight is 188 g/mol. The number of guanidine groups is 1. The number of hydroxylamine groups is 2. The van der Waals surface area contributed by atoms with Gasteiger partial charge in [-0.25, -0.2) is 5.06 Å². The number of hydrogen-bond donors (Lipinski definition) is 3. The summed E-state index contributed by atoms with van der Waals surface area (Å²) in [6, 6.07) is 0. The number of carbonyl (C=O) groups excluding carboxylic acids is 1. The van der Waals surface area contributed by atoms with E-state index in [1.54, 1.807) is 7.05 Å². The van der Waals surface area contributed by atoms with Crippen LogP contribution in [0.5, 0.6) is 0 Å². The van der Waals surface area contributed by atoms with E-state index in [1.165, 1.54) is 6.92 Å². The van der Waals surface area contributed by atoms with Crippen molar-refractivity contribution in [2.75, 3.05) is 20.1 Å². The maximum atomic E-state index is 10.5. The van der Waals surface area contributed by atoms with E-state index in [4.69, 9.17) is 10.9 Å². The summed E-state index contributed by atoms with van der Waals surface area (Å²) in [5.74, 6) is -0.00977. The SMILES string of the molecule is CN=C(N)NCCCN(O)C(C)=O. The summed E-state index contributed by atoms with van der Waals surface area (Å²) >= 11 is 0. The molecule has 0 aliphatic heterocycles. The zero-order valence-corrected chi connectivity index (χ0v) is 7.95. The fraction of sp³-hybridized carbons (Fsp3) is 0.714. The molecule has 0 atom stereocenters. The Kier molecular flexibility index (Phi) is 5.62. The van der Waals surface area contributed by atoms with Gasteiger partial charge in [0.1, 0.15) is 0 Å². The first kappa shape index (κ1) is 11.7. The van der Waals surface area contributed by atoms with Crippen molar-refractivity contribution in [1.82, 2.24) is 10.4 Å². The van der Waals surface area contributed by atoms with Gasteiger partial charge in [0.25, 0.3) is 0 Å². The summed E-state index contributed by atoms with van der Waals surface area (Å²) in [6.07, 6.45) is 0.617. The van der Waals surface area contributed by atoms with E-state index in [9.17, 15) is 4.79 Å². The van der Waals surface area contributed by atoms with Gasteiger partial charge in [-0.05, 0) is 6.42 Å². The molecule has 0 bridgehead atoms. The Hall–Kier alpha value is -1.30. The normalized spacial score (nSPS) is 11.2. The minimum absolute atomic E-state index is 0.291. The van der Waals surface area contributed by atoms with Gasteiger partial charge in [-0.1, -0.05) is 0 Å². The molecule has 6 nitrogen and oxygen atoms in total. The molecule has 0 saturated heterocycles. The molecule has 13 heavy (non-hydrogen) atoms. The van der Waals surface area contributed by atoms with E-state index >= 15 is 0 Å². The summed E-state index contributed by atoms with van der Waals surface area (Å²) in [5.41, 5.74) is 5.35. The molecule has 0 spiro atoms. The molecule has 0 fully saturated rings. The largest absolute Gasteiger partial charge is 0.370 e. The van der Waals surface area contributed by atoms with Crippen molar-refractivity contribution < 1.29 is 10.0 Å². The van der Waals surface area contributed by atoms with Crippen molar-refractivity contribution in [3.63, 3.8) is 0 Å². The van der Waals surface area contributed by atoms with Gasteiger partial charge in [0.05, 0.1) is 6.54 Å². The van der Waals surface area contributed by atoms with Crippen LogP contribution in [-0.4, -0.2) is 42.3 Å². The van der Waals surface area contributed by atoms with Crippen molar-refractivity contribution in [1.29, 1.82) is 0 Å². The number of nitrogens with zero attached hydrogens (tertiary/aromatic N) is 2. The van der Waals surface area contributed by atoms with Gasteiger partial charge in [-0.15, -0.1) is 0 Å². The lowest BCUT2D eigenvalue weighted by molar-refractivity contribution is -0.162. The lowest BCUT2D eigenvalue weighted by Crippen LogP contribution is -2.34.